The first-order valence-electron chi connectivity index (χ1n) is 11.1. The van der Waals surface area contributed by atoms with Crippen LogP contribution in [0.1, 0.15) is 96.8 Å². The third kappa shape index (κ3) is 20.1. The van der Waals surface area contributed by atoms with Crippen LogP contribution >= 0.6 is 7.82 Å². The van der Waals surface area contributed by atoms with Crippen LogP contribution < -0.4 is 5.32 Å². The Hall–Kier alpha value is -1.21. The smallest absolute Gasteiger partial charge is 0.469 e. The van der Waals surface area contributed by atoms with E-state index < -0.39 is 32.3 Å². The van der Waals surface area contributed by atoms with Gasteiger partial charge >= 0.3 is 13.8 Å². The molecule has 1 atom stereocenters. The second kappa shape index (κ2) is 18.6. The predicted molar refractivity (Wildman–Crippen MR) is 117 cm³/mol. The van der Waals surface area contributed by atoms with Crippen LogP contribution in [0.4, 0.5) is 0 Å². The quantitative estimate of drug-likeness (QED) is 0.120. The minimum Gasteiger partial charge on any atom is -0.480 e. The van der Waals surface area contributed by atoms with E-state index >= 15 is 0 Å². The molecule has 4 N–H and O–H groups in total. The minimum atomic E-state index is -4.78. The van der Waals surface area contributed by atoms with E-state index in [9.17, 15) is 14.2 Å². The van der Waals surface area contributed by atoms with Gasteiger partial charge in [0.1, 0.15) is 0 Å². The molecule has 1 amide bonds. The van der Waals surface area contributed by atoms with Crippen LogP contribution in [-0.4, -0.2) is 39.4 Å². The molecule has 176 valence electrons. The van der Waals surface area contributed by atoms with E-state index in [0.717, 1.165) is 38.5 Å². The first-order chi connectivity index (χ1) is 14.3. The van der Waals surface area contributed by atoms with Crippen molar-refractivity contribution < 1.29 is 33.6 Å². The van der Waals surface area contributed by atoms with Gasteiger partial charge in [-0.1, -0.05) is 70.4 Å². The highest BCUT2D eigenvalue weighted by Gasteiger charge is 2.24. The highest BCUT2D eigenvalue weighted by atomic mass is 31.2. The summed E-state index contributed by atoms with van der Waals surface area (Å²) in [5.41, 5.74) is 0. The first kappa shape index (κ1) is 28.8. The highest BCUT2D eigenvalue weighted by Crippen LogP contribution is 2.35. The van der Waals surface area contributed by atoms with Crippen LogP contribution in [0, 0.1) is 0 Å². The number of phosphoric ester groups is 1. The second-order valence-corrected chi connectivity index (χ2v) is 8.82. The molecule has 0 aromatic rings. The fourth-order valence-corrected chi connectivity index (χ4v) is 3.31. The van der Waals surface area contributed by atoms with E-state index in [-0.39, 0.29) is 6.42 Å². The van der Waals surface area contributed by atoms with Crippen molar-refractivity contribution >= 4 is 19.7 Å². The summed E-state index contributed by atoms with van der Waals surface area (Å²) in [5.74, 6) is -1.87. The molecule has 0 heterocycles. The molecule has 30 heavy (non-hydrogen) atoms. The van der Waals surface area contributed by atoms with Crippen molar-refractivity contribution in [2.45, 2.75) is 103 Å². The molecule has 8 nitrogen and oxygen atoms in total. The fraction of sp³-hybridized carbons (Fsp3) is 0.810. The van der Waals surface area contributed by atoms with Crippen LogP contribution in [0.15, 0.2) is 12.2 Å². The second-order valence-electron chi connectivity index (χ2n) is 7.58. The van der Waals surface area contributed by atoms with E-state index in [2.05, 4.69) is 28.9 Å². The van der Waals surface area contributed by atoms with Gasteiger partial charge in [-0.3, -0.25) is 9.32 Å². The van der Waals surface area contributed by atoms with E-state index in [4.69, 9.17) is 14.9 Å². The number of carbonyl (C=O) groups excluding carboxylic acids is 1. The Bertz CT molecular complexity index is 533. The third-order valence-corrected chi connectivity index (χ3v) is 5.19. The SMILES string of the molecule is CCCCCCCC/C=C\CCCCCCCC(=O)N[C@H](COP(=O)(O)O)C(=O)O. The van der Waals surface area contributed by atoms with Crippen LogP contribution in [-0.2, 0) is 18.7 Å². The number of hydrogen-bond acceptors (Lipinski definition) is 4. The Morgan fingerprint density at radius 1 is 0.900 bits per heavy atom. The Morgan fingerprint density at radius 3 is 1.90 bits per heavy atom. The largest absolute Gasteiger partial charge is 0.480 e. The van der Waals surface area contributed by atoms with Crippen molar-refractivity contribution in [1.82, 2.24) is 5.32 Å². The molecule has 0 aliphatic heterocycles. The molecule has 0 aliphatic carbocycles. The summed E-state index contributed by atoms with van der Waals surface area (Å²) >= 11 is 0. The fourth-order valence-electron chi connectivity index (χ4n) is 2.97. The Labute approximate surface area is 180 Å². The number of unbranched alkanes of at least 4 members (excludes halogenated alkanes) is 11. The van der Waals surface area contributed by atoms with Crippen LogP contribution in [0.25, 0.3) is 0 Å². The number of carbonyl (C=O) groups is 2. The van der Waals surface area contributed by atoms with Gasteiger partial charge in [0.25, 0.3) is 0 Å². The average Bonchev–Trinajstić information content (AvgIpc) is 2.67. The summed E-state index contributed by atoms with van der Waals surface area (Å²) in [7, 11) is -4.78. The lowest BCUT2D eigenvalue weighted by Crippen LogP contribution is -2.43. The number of hydrogen-bond donors (Lipinski definition) is 4. The van der Waals surface area contributed by atoms with Crippen molar-refractivity contribution in [2.75, 3.05) is 6.61 Å². The molecule has 0 spiro atoms. The maximum atomic E-state index is 11.8. The molecule has 0 saturated heterocycles. The van der Waals surface area contributed by atoms with E-state index in [1.807, 2.05) is 0 Å². The predicted octanol–water partition coefficient (Wildman–Crippen LogP) is 4.70. The minimum absolute atomic E-state index is 0.178. The third-order valence-electron chi connectivity index (χ3n) is 4.71. The topological polar surface area (TPSA) is 133 Å². The molecule has 0 saturated carbocycles. The number of amides is 1. The summed E-state index contributed by atoms with van der Waals surface area (Å²) in [6, 6.07) is -1.48. The standard InChI is InChI=1S/C21H40NO7P/c1-2-3-4-5-6-7-8-9-10-11-12-13-14-15-16-17-20(23)22-19(21(24)25)18-29-30(26,27)28/h9-10,19H,2-8,11-18H2,1H3,(H,22,23)(H,24,25)(H2,26,27,28)/b10-9-/t19-/m1/s1. The van der Waals surface area contributed by atoms with Gasteiger partial charge in [-0.05, 0) is 32.1 Å². The van der Waals surface area contributed by atoms with Gasteiger partial charge in [0.15, 0.2) is 6.04 Å². The number of aliphatic carboxylic acids is 1. The summed E-state index contributed by atoms with van der Waals surface area (Å²) in [6.07, 6.45) is 19.6. The van der Waals surface area contributed by atoms with Crippen molar-refractivity contribution in [3.05, 3.63) is 12.2 Å². The van der Waals surface area contributed by atoms with Crippen molar-refractivity contribution in [1.29, 1.82) is 0 Å². The maximum Gasteiger partial charge on any atom is 0.469 e. The lowest BCUT2D eigenvalue weighted by molar-refractivity contribution is -0.142. The number of allylic oxidation sites excluding steroid dienone is 2. The molecule has 0 radical (unpaired) electrons. The number of phosphoric acid groups is 1. The van der Waals surface area contributed by atoms with Crippen LogP contribution in [0.2, 0.25) is 0 Å². The number of carboxylic acid groups (broad SMARTS) is 1. The van der Waals surface area contributed by atoms with E-state index in [1.165, 1.54) is 38.5 Å². The summed E-state index contributed by atoms with van der Waals surface area (Å²) in [4.78, 5) is 40.0. The van der Waals surface area contributed by atoms with Crippen molar-refractivity contribution in [2.24, 2.45) is 0 Å². The molecule has 0 aromatic carbocycles. The Balaban J connectivity index is 3.62. The molecule has 0 bridgehead atoms. The summed E-state index contributed by atoms with van der Waals surface area (Å²) in [5, 5.41) is 11.2. The Kier molecular flexibility index (Phi) is 17.8. The zero-order valence-electron chi connectivity index (χ0n) is 18.3. The van der Waals surface area contributed by atoms with Gasteiger partial charge in [-0.2, -0.15) is 0 Å². The molecule has 0 rings (SSSR count). The van der Waals surface area contributed by atoms with Crippen molar-refractivity contribution in [3.63, 3.8) is 0 Å². The van der Waals surface area contributed by atoms with Gasteiger partial charge < -0.3 is 20.2 Å². The van der Waals surface area contributed by atoms with Gasteiger partial charge in [-0.15, -0.1) is 0 Å². The lowest BCUT2D eigenvalue weighted by Gasteiger charge is -2.15. The molecular formula is C21H40NO7P. The molecule has 9 heteroatoms. The van der Waals surface area contributed by atoms with Crippen LogP contribution in [0.5, 0.6) is 0 Å². The van der Waals surface area contributed by atoms with Gasteiger partial charge in [0, 0.05) is 6.42 Å². The molecular weight excluding hydrogens is 409 g/mol. The number of carboxylic acids is 1. The highest BCUT2D eigenvalue weighted by molar-refractivity contribution is 7.46. The molecule has 0 unspecified atom stereocenters. The van der Waals surface area contributed by atoms with E-state index in [1.54, 1.807) is 0 Å². The molecule has 0 aromatic heterocycles. The van der Waals surface area contributed by atoms with Crippen LogP contribution in [0.3, 0.4) is 0 Å². The van der Waals surface area contributed by atoms with E-state index in [0.29, 0.717) is 6.42 Å². The Morgan fingerprint density at radius 2 is 1.40 bits per heavy atom. The zero-order valence-corrected chi connectivity index (χ0v) is 19.2. The average molecular weight is 450 g/mol. The summed E-state index contributed by atoms with van der Waals surface area (Å²) in [6.45, 7) is 1.45. The van der Waals surface area contributed by atoms with Gasteiger partial charge in [-0.25, -0.2) is 9.36 Å². The van der Waals surface area contributed by atoms with Gasteiger partial charge in [0.2, 0.25) is 5.91 Å². The normalized spacial score (nSPS) is 12.9. The number of nitrogens with one attached hydrogen (secondary N) is 1. The summed E-state index contributed by atoms with van der Waals surface area (Å²) < 4.78 is 14.8. The maximum absolute atomic E-state index is 11.8. The zero-order chi connectivity index (χ0) is 22.7. The molecule has 0 fully saturated rings. The van der Waals surface area contributed by atoms with Gasteiger partial charge in [0.05, 0.1) is 6.61 Å². The molecule has 0 aliphatic rings. The monoisotopic (exact) mass is 449 g/mol. The van der Waals surface area contributed by atoms with Crippen molar-refractivity contribution in [3.8, 4) is 0 Å². The lowest BCUT2D eigenvalue weighted by atomic mass is 10.1. The first-order valence-corrected chi connectivity index (χ1v) is 12.7. The number of rotatable bonds is 20.